The van der Waals surface area contributed by atoms with Crippen LogP contribution in [0.5, 0.6) is 0 Å². The van der Waals surface area contributed by atoms with Crippen LogP contribution >= 0.6 is 0 Å². The Bertz CT molecular complexity index is 648. The van der Waals surface area contributed by atoms with Crippen LogP contribution in [0, 0.1) is 5.92 Å². The van der Waals surface area contributed by atoms with Gasteiger partial charge in [0.1, 0.15) is 17.5 Å². The van der Waals surface area contributed by atoms with Gasteiger partial charge in [0.15, 0.2) is 5.65 Å². The van der Waals surface area contributed by atoms with Crippen molar-refractivity contribution in [3.8, 4) is 0 Å². The lowest BCUT2D eigenvalue weighted by Gasteiger charge is -2.27. The average Bonchev–Trinajstić information content (AvgIpc) is 2.89. The summed E-state index contributed by atoms with van der Waals surface area (Å²) in [6, 6.07) is 2.99. The van der Waals surface area contributed by atoms with Gasteiger partial charge in [0.2, 0.25) is 0 Å². The maximum absolute atomic E-state index is 12.4. The Labute approximate surface area is 129 Å². The molecule has 8 nitrogen and oxygen atoms in total. The first kappa shape index (κ1) is 16.1. The van der Waals surface area contributed by atoms with Crippen LogP contribution in [0.15, 0.2) is 12.1 Å². The zero-order valence-corrected chi connectivity index (χ0v) is 13.6. The molecule has 1 N–H and O–H groups in total. The molecule has 8 heteroatoms. The van der Waals surface area contributed by atoms with Crippen LogP contribution in [0.3, 0.4) is 0 Å². The molecule has 0 aliphatic carbocycles. The number of carbonyl (C=O) groups is 1. The Morgan fingerprint density at radius 1 is 1.41 bits per heavy atom. The van der Waals surface area contributed by atoms with Gasteiger partial charge >= 0.3 is 5.97 Å². The van der Waals surface area contributed by atoms with Gasteiger partial charge in [0, 0.05) is 0 Å². The van der Waals surface area contributed by atoms with Gasteiger partial charge in [-0.1, -0.05) is 20.3 Å². The summed E-state index contributed by atoms with van der Waals surface area (Å²) in [6.07, 6.45) is 0.837. The lowest BCUT2D eigenvalue weighted by Crippen LogP contribution is -2.41. The van der Waals surface area contributed by atoms with Gasteiger partial charge in [-0.05, 0) is 49.2 Å². The molecule has 2 atom stereocenters. The van der Waals surface area contributed by atoms with Gasteiger partial charge in [-0.3, -0.25) is 0 Å². The van der Waals surface area contributed by atoms with E-state index in [1.165, 1.54) is 4.63 Å². The molecule has 0 saturated carbocycles. The van der Waals surface area contributed by atoms with E-state index in [4.69, 9.17) is 4.74 Å². The van der Waals surface area contributed by atoms with Crippen LogP contribution in [0.2, 0.25) is 0 Å². The average molecular weight is 306 g/mol. The second kappa shape index (κ2) is 6.25. The fourth-order valence-electron chi connectivity index (χ4n) is 1.92. The van der Waals surface area contributed by atoms with Gasteiger partial charge in [-0.2, -0.15) is 0 Å². The molecular weight excluding hydrogens is 284 g/mol. The lowest BCUT2D eigenvalue weighted by atomic mass is 9.99. The van der Waals surface area contributed by atoms with Crippen LogP contribution in [-0.2, 0) is 9.53 Å². The van der Waals surface area contributed by atoms with Crippen LogP contribution in [0.25, 0.3) is 5.65 Å². The van der Waals surface area contributed by atoms with Gasteiger partial charge < -0.3 is 10.1 Å². The topological polar surface area (TPSA) is 94.3 Å². The van der Waals surface area contributed by atoms with Crippen molar-refractivity contribution in [1.82, 2.24) is 25.3 Å². The number of nitrogens with one attached hydrogen (secondary N) is 1. The summed E-state index contributed by atoms with van der Waals surface area (Å²) < 4.78 is 6.80. The van der Waals surface area contributed by atoms with Gasteiger partial charge in [0.25, 0.3) is 0 Å². The van der Waals surface area contributed by atoms with Gasteiger partial charge in [-0.25, -0.2) is 4.79 Å². The molecule has 2 rings (SSSR count). The summed E-state index contributed by atoms with van der Waals surface area (Å²) in [7, 11) is 0. The maximum atomic E-state index is 12.4. The molecule has 0 spiro atoms. The van der Waals surface area contributed by atoms with Crippen molar-refractivity contribution in [1.29, 1.82) is 0 Å². The zero-order chi connectivity index (χ0) is 16.3. The molecule has 2 aromatic heterocycles. The summed E-state index contributed by atoms with van der Waals surface area (Å²) >= 11 is 0. The fourth-order valence-corrected chi connectivity index (χ4v) is 1.92. The van der Waals surface area contributed by atoms with Crippen molar-refractivity contribution in [2.75, 3.05) is 5.32 Å². The predicted molar refractivity (Wildman–Crippen MR) is 81.3 cm³/mol. The standard InChI is InChI=1S/C14H22N6O2/c1-6-9(2)12(13(21)22-14(3,4)5)15-10-7-8-11-16-18-19-20(11)17-10/h7-9,12H,6H2,1-5H3,(H,15,17)/t9-,12-/m0/s1. The summed E-state index contributed by atoms with van der Waals surface area (Å²) in [6.45, 7) is 9.58. The molecule has 0 saturated heterocycles. The number of hydrogen-bond donors (Lipinski definition) is 1. The van der Waals surface area contributed by atoms with Crippen molar-refractivity contribution in [3.05, 3.63) is 12.1 Å². The summed E-state index contributed by atoms with van der Waals surface area (Å²) in [5.74, 6) is 0.331. The molecule has 0 fully saturated rings. The van der Waals surface area contributed by atoms with E-state index in [9.17, 15) is 4.79 Å². The highest BCUT2D eigenvalue weighted by Crippen LogP contribution is 2.18. The maximum Gasteiger partial charge on any atom is 0.329 e. The second-order valence-electron chi connectivity index (χ2n) is 6.29. The van der Waals surface area contributed by atoms with E-state index in [1.807, 2.05) is 34.6 Å². The molecule has 0 aromatic carbocycles. The van der Waals surface area contributed by atoms with E-state index in [2.05, 4.69) is 25.9 Å². The smallest absolute Gasteiger partial charge is 0.329 e. The number of aromatic nitrogens is 5. The first-order valence-corrected chi connectivity index (χ1v) is 7.35. The summed E-state index contributed by atoms with van der Waals surface area (Å²) in [4.78, 5) is 12.4. The van der Waals surface area contributed by atoms with E-state index in [-0.39, 0.29) is 11.9 Å². The largest absolute Gasteiger partial charge is 0.458 e. The summed E-state index contributed by atoms with van der Waals surface area (Å²) in [5, 5.41) is 18.4. The number of rotatable bonds is 5. The number of anilines is 1. The first-order valence-electron chi connectivity index (χ1n) is 7.35. The number of carbonyl (C=O) groups excluding carboxylic acids is 1. The molecule has 0 unspecified atom stereocenters. The van der Waals surface area contributed by atoms with Gasteiger partial charge in [0.05, 0.1) is 0 Å². The summed E-state index contributed by atoms with van der Waals surface area (Å²) in [5.41, 5.74) is 0.0143. The van der Waals surface area contributed by atoms with E-state index >= 15 is 0 Å². The number of ether oxygens (including phenoxy) is 1. The first-order chi connectivity index (χ1) is 10.3. The Morgan fingerprint density at radius 3 is 2.77 bits per heavy atom. The Hall–Kier alpha value is -2.25. The van der Waals surface area contributed by atoms with Crippen LogP contribution in [-0.4, -0.2) is 42.9 Å². The van der Waals surface area contributed by atoms with Crippen LogP contribution in [0.1, 0.15) is 41.0 Å². The predicted octanol–water partition coefficient (Wildman–Crippen LogP) is 1.69. The molecule has 2 heterocycles. The number of esters is 1. The van der Waals surface area contributed by atoms with Crippen LogP contribution in [0.4, 0.5) is 5.82 Å². The minimum atomic E-state index is -0.530. The lowest BCUT2D eigenvalue weighted by molar-refractivity contribution is -0.157. The molecule has 2 aromatic rings. The zero-order valence-electron chi connectivity index (χ0n) is 13.6. The van der Waals surface area contributed by atoms with Gasteiger partial charge in [-0.15, -0.1) is 14.8 Å². The van der Waals surface area contributed by atoms with Crippen molar-refractivity contribution >= 4 is 17.4 Å². The number of fused-ring (bicyclic) bond motifs is 1. The molecule has 0 aliphatic rings. The molecule has 120 valence electrons. The quantitative estimate of drug-likeness (QED) is 0.840. The molecule has 0 bridgehead atoms. The molecular formula is C14H22N6O2. The van der Waals surface area contributed by atoms with Crippen molar-refractivity contribution in [2.45, 2.75) is 52.7 Å². The number of tetrazole rings is 1. The minimum Gasteiger partial charge on any atom is -0.458 e. The molecule has 22 heavy (non-hydrogen) atoms. The second-order valence-corrected chi connectivity index (χ2v) is 6.29. The monoisotopic (exact) mass is 306 g/mol. The number of nitrogens with zero attached hydrogens (tertiary/aromatic N) is 5. The van der Waals surface area contributed by atoms with E-state index in [0.29, 0.717) is 11.5 Å². The third-order valence-electron chi connectivity index (χ3n) is 3.25. The number of hydrogen-bond acceptors (Lipinski definition) is 7. The van der Waals surface area contributed by atoms with E-state index < -0.39 is 11.6 Å². The highest BCUT2D eigenvalue weighted by molar-refractivity contribution is 5.79. The van der Waals surface area contributed by atoms with E-state index in [1.54, 1.807) is 12.1 Å². The van der Waals surface area contributed by atoms with Crippen molar-refractivity contribution < 1.29 is 9.53 Å². The Balaban J connectivity index is 2.20. The highest BCUT2D eigenvalue weighted by atomic mass is 16.6. The normalized spacial score (nSPS) is 14.6. The minimum absolute atomic E-state index is 0.0984. The molecule has 0 radical (unpaired) electrons. The molecule has 0 amide bonds. The Kier molecular flexibility index (Phi) is 4.58. The third-order valence-corrected chi connectivity index (χ3v) is 3.25. The van der Waals surface area contributed by atoms with Crippen molar-refractivity contribution in [2.24, 2.45) is 5.92 Å². The highest BCUT2D eigenvalue weighted by Gasteiger charge is 2.29. The fraction of sp³-hybridized carbons (Fsp3) is 0.643. The SMILES string of the molecule is CC[C@H](C)[C@H](Nc1ccc2nnnn2n1)C(=O)OC(C)(C)C. The Morgan fingerprint density at radius 2 is 2.14 bits per heavy atom. The van der Waals surface area contributed by atoms with E-state index in [0.717, 1.165) is 6.42 Å². The van der Waals surface area contributed by atoms with Crippen molar-refractivity contribution in [3.63, 3.8) is 0 Å². The third kappa shape index (κ3) is 3.90. The van der Waals surface area contributed by atoms with Crippen LogP contribution < -0.4 is 5.32 Å². The molecule has 0 aliphatic heterocycles.